The standard InChI is InChI=1S/C18H22ClNO3/c19-16-5-2-12(3-6-16)10-20-17(21)11-23-18(22)9-15-8-13-1-4-14(15)7-13/h2-3,5-6,13-15H,1,4,7-11H2,(H,20,21)/t13-,14+,15-/m0/s1. The molecule has 5 heteroatoms. The molecule has 3 atom stereocenters. The number of esters is 1. The number of nitrogens with one attached hydrogen (secondary N) is 1. The molecule has 2 bridgehead atoms. The molecular formula is C18H22ClNO3. The Morgan fingerprint density at radius 3 is 2.61 bits per heavy atom. The van der Waals surface area contributed by atoms with Crippen molar-refractivity contribution >= 4 is 23.5 Å². The molecule has 0 aromatic heterocycles. The van der Waals surface area contributed by atoms with Crippen LogP contribution in [0.15, 0.2) is 24.3 Å². The van der Waals surface area contributed by atoms with Gasteiger partial charge in [-0.05, 0) is 54.7 Å². The maximum absolute atomic E-state index is 11.9. The summed E-state index contributed by atoms with van der Waals surface area (Å²) in [5.74, 6) is 1.47. The van der Waals surface area contributed by atoms with E-state index in [1.165, 1.54) is 19.3 Å². The Morgan fingerprint density at radius 1 is 1.17 bits per heavy atom. The number of rotatable bonds is 6. The van der Waals surface area contributed by atoms with Crippen LogP contribution in [-0.2, 0) is 20.9 Å². The highest BCUT2D eigenvalue weighted by molar-refractivity contribution is 6.30. The Kier molecular flexibility index (Phi) is 5.21. The summed E-state index contributed by atoms with van der Waals surface area (Å²) < 4.78 is 5.11. The summed E-state index contributed by atoms with van der Waals surface area (Å²) in [6.45, 7) is 0.202. The fourth-order valence-corrected chi connectivity index (χ4v) is 4.03. The van der Waals surface area contributed by atoms with Crippen molar-refractivity contribution < 1.29 is 14.3 Å². The zero-order valence-electron chi connectivity index (χ0n) is 13.1. The number of halogens is 1. The van der Waals surface area contributed by atoms with Gasteiger partial charge in [-0.25, -0.2) is 0 Å². The second kappa shape index (κ2) is 7.35. The van der Waals surface area contributed by atoms with Gasteiger partial charge in [0, 0.05) is 18.0 Å². The Morgan fingerprint density at radius 2 is 1.96 bits per heavy atom. The van der Waals surface area contributed by atoms with Gasteiger partial charge in [0.2, 0.25) is 0 Å². The van der Waals surface area contributed by atoms with Crippen LogP contribution in [-0.4, -0.2) is 18.5 Å². The van der Waals surface area contributed by atoms with Crippen molar-refractivity contribution in [2.45, 2.75) is 38.6 Å². The van der Waals surface area contributed by atoms with Crippen molar-refractivity contribution in [1.82, 2.24) is 5.32 Å². The Labute approximate surface area is 141 Å². The minimum atomic E-state index is -0.277. The first-order valence-corrected chi connectivity index (χ1v) is 8.64. The molecule has 2 saturated carbocycles. The molecule has 1 N–H and O–H groups in total. The van der Waals surface area contributed by atoms with Crippen molar-refractivity contribution in [1.29, 1.82) is 0 Å². The smallest absolute Gasteiger partial charge is 0.306 e. The van der Waals surface area contributed by atoms with Crippen molar-refractivity contribution in [3.8, 4) is 0 Å². The first-order chi connectivity index (χ1) is 11.1. The van der Waals surface area contributed by atoms with E-state index < -0.39 is 0 Å². The summed E-state index contributed by atoms with van der Waals surface area (Å²) >= 11 is 5.81. The highest BCUT2D eigenvalue weighted by Crippen LogP contribution is 2.49. The van der Waals surface area contributed by atoms with Crippen LogP contribution in [0.5, 0.6) is 0 Å². The molecule has 0 aliphatic heterocycles. The molecule has 4 nitrogen and oxygen atoms in total. The van der Waals surface area contributed by atoms with Gasteiger partial charge in [-0.15, -0.1) is 0 Å². The van der Waals surface area contributed by atoms with Gasteiger partial charge in [0.25, 0.3) is 5.91 Å². The van der Waals surface area contributed by atoms with Crippen LogP contribution in [0.25, 0.3) is 0 Å². The van der Waals surface area contributed by atoms with Gasteiger partial charge < -0.3 is 10.1 Å². The predicted molar refractivity (Wildman–Crippen MR) is 87.8 cm³/mol. The second-order valence-electron chi connectivity index (χ2n) is 6.70. The summed E-state index contributed by atoms with van der Waals surface area (Å²) in [6, 6.07) is 7.25. The van der Waals surface area contributed by atoms with E-state index in [2.05, 4.69) is 5.32 Å². The molecule has 0 saturated heterocycles. The van der Waals surface area contributed by atoms with Crippen LogP contribution in [0.2, 0.25) is 5.02 Å². The lowest BCUT2D eigenvalue weighted by Crippen LogP contribution is -2.29. The number of hydrogen-bond acceptors (Lipinski definition) is 3. The van der Waals surface area contributed by atoms with E-state index in [1.54, 1.807) is 12.1 Å². The number of hydrogen-bond donors (Lipinski definition) is 1. The van der Waals surface area contributed by atoms with Crippen LogP contribution < -0.4 is 5.32 Å². The highest BCUT2D eigenvalue weighted by atomic mass is 35.5. The maximum atomic E-state index is 11.9. The summed E-state index contributed by atoms with van der Waals surface area (Å²) in [6.07, 6.45) is 5.47. The average molecular weight is 336 g/mol. The third-order valence-electron chi connectivity index (χ3n) is 5.08. The van der Waals surface area contributed by atoms with Crippen molar-refractivity contribution in [3.05, 3.63) is 34.9 Å². The van der Waals surface area contributed by atoms with E-state index in [9.17, 15) is 9.59 Å². The molecule has 2 aliphatic carbocycles. The number of fused-ring (bicyclic) bond motifs is 2. The van der Waals surface area contributed by atoms with Gasteiger partial charge in [-0.3, -0.25) is 9.59 Å². The molecule has 23 heavy (non-hydrogen) atoms. The van der Waals surface area contributed by atoms with Crippen LogP contribution >= 0.6 is 11.6 Å². The molecule has 124 valence electrons. The third-order valence-corrected chi connectivity index (χ3v) is 5.33. The van der Waals surface area contributed by atoms with Crippen molar-refractivity contribution in [2.24, 2.45) is 17.8 Å². The second-order valence-corrected chi connectivity index (χ2v) is 7.14. The van der Waals surface area contributed by atoms with E-state index in [0.29, 0.717) is 29.8 Å². The van der Waals surface area contributed by atoms with Crippen LogP contribution in [0.3, 0.4) is 0 Å². The molecule has 0 heterocycles. The molecule has 2 fully saturated rings. The monoisotopic (exact) mass is 335 g/mol. The molecule has 2 aliphatic rings. The normalized spacial score (nSPS) is 25.3. The molecular weight excluding hydrogens is 314 g/mol. The highest BCUT2D eigenvalue weighted by Gasteiger charge is 2.40. The van der Waals surface area contributed by atoms with E-state index >= 15 is 0 Å². The van der Waals surface area contributed by atoms with E-state index in [4.69, 9.17) is 16.3 Å². The van der Waals surface area contributed by atoms with Gasteiger partial charge in [0.05, 0.1) is 0 Å². The number of amides is 1. The van der Waals surface area contributed by atoms with Crippen LogP contribution in [0, 0.1) is 17.8 Å². The largest absolute Gasteiger partial charge is 0.456 e. The Balaban J connectivity index is 1.34. The number of benzene rings is 1. The van der Waals surface area contributed by atoms with Gasteiger partial charge in [0.1, 0.15) is 0 Å². The maximum Gasteiger partial charge on any atom is 0.306 e. The van der Waals surface area contributed by atoms with E-state index in [1.807, 2.05) is 12.1 Å². The molecule has 1 aromatic carbocycles. The summed E-state index contributed by atoms with van der Waals surface area (Å²) in [5.41, 5.74) is 0.955. The third kappa shape index (κ3) is 4.47. The van der Waals surface area contributed by atoms with Crippen molar-refractivity contribution in [3.63, 3.8) is 0 Å². The van der Waals surface area contributed by atoms with Gasteiger partial charge >= 0.3 is 5.97 Å². The van der Waals surface area contributed by atoms with E-state index in [0.717, 1.165) is 17.9 Å². The fourth-order valence-electron chi connectivity index (χ4n) is 3.90. The van der Waals surface area contributed by atoms with Gasteiger partial charge in [-0.2, -0.15) is 0 Å². The lowest BCUT2D eigenvalue weighted by atomic mass is 9.86. The minimum absolute atomic E-state index is 0.201. The average Bonchev–Trinajstić information content (AvgIpc) is 3.15. The Hall–Kier alpha value is -1.55. The fraction of sp³-hybridized carbons (Fsp3) is 0.556. The number of ether oxygens (including phenoxy) is 1. The molecule has 0 spiro atoms. The van der Waals surface area contributed by atoms with E-state index in [-0.39, 0.29) is 18.5 Å². The molecule has 0 radical (unpaired) electrons. The zero-order chi connectivity index (χ0) is 16.2. The quantitative estimate of drug-likeness (QED) is 0.811. The lowest BCUT2D eigenvalue weighted by molar-refractivity contribution is -0.149. The van der Waals surface area contributed by atoms with Crippen molar-refractivity contribution in [2.75, 3.05) is 6.61 Å². The summed E-state index contributed by atoms with van der Waals surface area (Å²) in [4.78, 5) is 23.6. The first kappa shape index (κ1) is 16.3. The minimum Gasteiger partial charge on any atom is -0.456 e. The SMILES string of the molecule is O=C(COC(=O)C[C@@H]1C[C@H]2CC[C@@H]1C2)NCc1ccc(Cl)cc1. The molecule has 1 aromatic rings. The Bertz CT molecular complexity index is 572. The first-order valence-electron chi connectivity index (χ1n) is 8.27. The van der Waals surface area contributed by atoms with Gasteiger partial charge in [0.15, 0.2) is 6.61 Å². The molecule has 3 rings (SSSR count). The number of carbonyl (C=O) groups excluding carboxylic acids is 2. The summed E-state index contributed by atoms with van der Waals surface area (Å²) in [5, 5.41) is 3.40. The van der Waals surface area contributed by atoms with Gasteiger partial charge in [-0.1, -0.05) is 30.2 Å². The van der Waals surface area contributed by atoms with Crippen LogP contribution in [0.4, 0.5) is 0 Å². The molecule has 0 unspecified atom stereocenters. The molecule has 1 amide bonds. The zero-order valence-corrected chi connectivity index (χ0v) is 13.8. The lowest BCUT2D eigenvalue weighted by Gasteiger charge is -2.20. The topological polar surface area (TPSA) is 55.4 Å². The number of carbonyl (C=O) groups is 2. The predicted octanol–water partition coefficient (Wildman–Crippen LogP) is 3.33. The van der Waals surface area contributed by atoms with Crippen LogP contribution in [0.1, 0.15) is 37.7 Å². The summed E-state index contributed by atoms with van der Waals surface area (Å²) in [7, 11) is 0.